The summed E-state index contributed by atoms with van der Waals surface area (Å²) in [4.78, 5) is 39.8. The van der Waals surface area contributed by atoms with Crippen molar-refractivity contribution in [2.24, 2.45) is 0 Å². The second-order valence-electron chi connectivity index (χ2n) is 5.22. The molecule has 2 heterocycles. The molecule has 0 atom stereocenters. The molecule has 2 aromatic heterocycles. The second kappa shape index (κ2) is 7.39. The predicted molar refractivity (Wildman–Crippen MR) is 90.0 cm³/mol. The van der Waals surface area contributed by atoms with Crippen LogP contribution in [0.25, 0.3) is 5.65 Å². The van der Waals surface area contributed by atoms with E-state index in [4.69, 9.17) is 4.74 Å². The minimum absolute atomic E-state index is 0.138. The standard InChI is InChI=1S/C18H15N3O4/c22-16-10-14(20-15-8-4-5-9-21(15)16)12-25-17(23)11-19-18(24)13-6-2-1-3-7-13/h1-10H,11-12H2,(H,19,24). The molecule has 0 saturated heterocycles. The third-order valence-electron chi connectivity index (χ3n) is 3.43. The lowest BCUT2D eigenvalue weighted by molar-refractivity contribution is -0.143. The Morgan fingerprint density at radius 3 is 2.64 bits per heavy atom. The number of carbonyl (C=O) groups is 2. The SMILES string of the molecule is O=C(CNC(=O)c1ccccc1)OCc1cc(=O)n2ccccc2n1. The van der Waals surface area contributed by atoms with Gasteiger partial charge < -0.3 is 10.1 Å². The molecular formula is C18H15N3O4. The number of ether oxygens (including phenoxy) is 1. The van der Waals surface area contributed by atoms with E-state index in [0.717, 1.165) is 0 Å². The highest BCUT2D eigenvalue weighted by Crippen LogP contribution is 2.01. The number of benzene rings is 1. The molecule has 0 radical (unpaired) electrons. The van der Waals surface area contributed by atoms with E-state index >= 15 is 0 Å². The Balaban J connectivity index is 1.56. The molecule has 0 spiro atoms. The van der Waals surface area contributed by atoms with Crippen LogP contribution in [0.1, 0.15) is 16.1 Å². The van der Waals surface area contributed by atoms with Gasteiger partial charge in [0.05, 0.1) is 5.69 Å². The van der Waals surface area contributed by atoms with Crippen molar-refractivity contribution >= 4 is 17.5 Å². The Bertz CT molecular complexity index is 967. The topological polar surface area (TPSA) is 89.8 Å². The second-order valence-corrected chi connectivity index (χ2v) is 5.22. The van der Waals surface area contributed by atoms with Crippen molar-refractivity contribution in [2.45, 2.75) is 6.61 Å². The number of hydrogen-bond acceptors (Lipinski definition) is 5. The summed E-state index contributed by atoms with van der Waals surface area (Å²) in [6.45, 7) is -0.402. The molecule has 3 rings (SSSR count). The Kier molecular flexibility index (Phi) is 4.84. The molecule has 0 bridgehead atoms. The van der Waals surface area contributed by atoms with Crippen LogP contribution in [0.5, 0.6) is 0 Å². The maximum absolute atomic E-state index is 11.9. The molecular weight excluding hydrogens is 322 g/mol. The fourth-order valence-corrected chi connectivity index (χ4v) is 2.23. The molecule has 7 heteroatoms. The molecule has 0 unspecified atom stereocenters. The monoisotopic (exact) mass is 337 g/mol. The van der Waals surface area contributed by atoms with Gasteiger partial charge in [0.2, 0.25) is 0 Å². The summed E-state index contributed by atoms with van der Waals surface area (Å²) in [7, 11) is 0. The first kappa shape index (κ1) is 16.4. The number of pyridine rings is 1. The van der Waals surface area contributed by atoms with Crippen LogP contribution in [0.3, 0.4) is 0 Å². The average Bonchev–Trinajstić information content (AvgIpc) is 2.65. The van der Waals surface area contributed by atoms with Crippen molar-refractivity contribution in [1.82, 2.24) is 14.7 Å². The first-order valence-electron chi connectivity index (χ1n) is 7.60. The number of nitrogens with one attached hydrogen (secondary N) is 1. The molecule has 3 aromatic rings. The van der Waals surface area contributed by atoms with Crippen LogP contribution in [0, 0.1) is 0 Å². The summed E-state index contributed by atoms with van der Waals surface area (Å²) in [5.41, 5.74) is 1.02. The van der Waals surface area contributed by atoms with Crippen molar-refractivity contribution in [3.8, 4) is 0 Å². The van der Waals surface area contributed by atoms with E-state index in [0.29, 0.717) is 16.9 Å². The molecule has 0 aliphatic carbocycles. The highest BCUT2D eigenvalue weighted by Gasteiger charge is 2.09. The molecule has 1 amide bonds. The van der Waals surface area contributed by atoms with E-state index in [2.05, 4.69) is 10.3 Å². The number of hydrogen-bond donors (Lipinski definition) is 1. The molecule has 1 N–H and O–H groups in total. The Labute approximate surface area is 142 Å². The highest BCUT2D eigenvalue weighted by molar-refractivity contribution is 5.95. The van der Waals surface area contributed by atoms with Crippen LogP contribution in [-0.2, 0) is 16.1 Å². The van der Waals surface area contributed by atoms with E-state index in [9.17, 15) is 14.4 Å². The number of nitrogens with zero attached hydrogens (tertiary/aromatic N) is 2. The van der Waals surface area contributed by atoms with Gasteiger partial charge in [-0.1, -0.05) is 24.3 Å². The smallest absolute Gasteiger partial charge is 0.325 e. The molecule has 0 aliphatic heterocycles. The lowest BCUT2D eigenvalue weighted by Gasteiger charge is -2.07. The van der Waals surface area contributed by atoms with Crippen molar-refractivity contribution in [3.05, 3.63) is 82.4 Å². The zero-order valence-electron chi connectivity index (χ0n) is 13.2. The summed E-state index contributed by atoms with van der Waals surface area (Å²) in [5.74, 6) is -0.973. The summed E-state index contributed by atoms with van der Waals surface area (Å²) in [6, 6.07) is 15.0. The van der Waals surface area contributed by atoms with Gasteiger partial charge in [0, 0.05) is 17.8 Å². The lowest BCUT2D eigenvalue weighted by Crippen LogP contribution is -2.30. The quantitative estimate of drug-likeness (QED) is 0.706. The zero-order valence-corrected chi connectivity index (χ0v) is 13.2. The lowest BCUT2D eigenvalue weighted by atomic mass is 10.2. The van der Waals surface area contributed by atoms with Crippen molar-refractivity contribution < 1.29 is 14.3 Å². The Hall–Kier alpha value is -3.48. The van der Waals surface area contributed by atoms with Gasteiger partial charge in [0.1, 0.15) is 18.8 Å². The van der Waals surface area contributed by atoms with Gasteiger partial charge in [0.15, 0.2) is 0 Å². The summed E-state index contributed by atoms with van der Waals surface area (Å²) in [5, 5.41) is 2.48. The minimum Gasteiger partial charge on any atom is -0.458 e. The van der Waals surface area contributed by atoms with Crippen molar-refractivity contribution in [3.63, 3.8) is 0 Å². The van der Waals surface area contributed by atoms with E-state index in [1.54, 1.807) is 54.7 Å². The van der Waals surface area contributed by atoms with Crippen LogP contribution < -0.4 is 10.9 Å². The number of esters is 1. The number of rotatable bonds is 5. The van der Waals surface area contributed by atoms with E-state index in [-0.39, 0.29) is 24.6 Å². The average molecular weight is 337 g/mol. The van der Waals surface area contributed by atoms with Gasteiger partial charge in [-0.2, -0.15) is 0 Å². The molecule has 0 aliphatic rings. The van der Waals surface area contributed by atoms with E-state index in [1.807, 2.05) is 0 Å². The molecule has 7 nitrogen and oxygen atoms in total. The normalized spacial score (nSPS) is 10.4. The number of amides is 1. The van der Waals surface area contributed by atoms with E-state index in [1.165, 1.54) is 10.5 Å². The van der Waals surface area contributed by atoms with Crippen LogP contribution in [-0.4, -0.2) is 27.8 Å². The molecule has 0 saturated carbocycles. The van der Waals surface area contributed by atoms with Gasteiger partial charge in [0.25, 0.3) is 11.5 Å². The molecule has 1 aromatic carbocycles. The van der Waals surface area contributed by atoms with Crippen LogP contribution in [0.15, 0.2) is 65.6 Å². The summed E-state index contributed by atoms with van der Waals surface area (Å²) in [6.07, 6.45) is 1.61. The third kappa shape index (κ3) is 4.08. The minimum atomic E-state index is -0.612. The fraction of sp³-hybridized carbons (Fsp3) is 0.111. The maximum atomic E-state index is 11.9. The number of fused-ring (bicyclic) bond motifs is 1. The van der Waals surface area contributed by atoms with E-state index < -0.39 is 5.97 Å². The zero-order chi connectivity index (χ0) is 17.6. The number of carbonyl (C=O) groups excluding carboxylic acids is 2. The third-order valence-corrected chi connectivity index (χ3v) is 3.43. The van der Waals surface area contributed by atoms with Gasteiger partial charge >= 0.3 is 5.97 Å². The van der Waals surface area contributed by atoms with Crippen molar-refractivity contribution in [2.75, 3.05) is 6.54 Å². The first-order chi connectivity index (χ1) is 12.1. The predicted octanol–water partition coefficient (Wildman–Crippen LogP) is 1.17. The largest absolute Gasteiger partial charge is 0.458 e. The Morgan fingerprint density at radius 1 is 1.08 bits per heavy atom. The summed E-state index contributed by atoms with van der Waals surface area (Å²) < 4.78 is 6.45. The highest BCUT2D eigenvalue weighted by atomic mass is 16.5. The molecule has 25 heavy (non-hydrogen) atoms. The van der Waals surface area contributed by atoms with Gasteiger partial charge in [-0.3, -0.25) is 18.8 Å². The van der Waals surface area contributed by atoms with Gasteiger partial charge in [-0.05, 0) is 24.3 Å². The van der Waals surface area contributed by atoms with Crippen LogP contribution >= 0.6 is 0 Å². The fourth-order valence-electron chi connectivity index (χ4n) is 2.23. The Morgan fingerprint density at radius 2 is 1.84 bits per heavy atom. The first-order valence-corrected chi connectivity index (χ1v) is 7.60. The van der Waals surface area contributed by atoms with Crippen LogP contribution in [0.2, 0.25) is 0 Å². The van der Waals surface area contributed by atoms with Crippen molar-refractivity contribution in [1.29, 1.82) is 0 Å². The van der Waals surface area contributed by atoms with Crippen LogP contribution in [0.4, 0.5) is 0 Å². The number of aromatic nitrogens is 2. The molecule has 0 fully saturated rings. The summed E-state index contributed by atoms with van der Waals surface area (Å²) >= 11 is 0. The van der Waals surface area contributed by atoms with Gasteiger partial charge in [-0.15, -0.1) is 0 Å². The maximum Gasteiger partial charge on any atom is 0.325 e. The van der Waals surface area contributed by atoms with Gasteiger partial charge in [-0.25, -0.2) is 4.98 Å². The molecule has 126 valence electrons.